The zero-order valence-electron chi connectivity index (χ0n) is 11.2. The Bertz CT molecular complexity index is 848. The van der Waals surface area contributed by atoms with Gasteiger partial charge in [0.1, 0.15) is 0 Å². The van der Waals surface area contributed by atoms with Crippen LogP contribution >= 0.6 is 0 Å². The normalized spacial score (nSPS) is 10.9. The highest BCUT2D eigenvalue weighted by molar-refractivity contribution is 5.86. The lowest BCUT2D eigenvalue weighted by Gasteiger charge is -2.10. The zero-order valence-corrected chi connectivity index (χ0v) is 11.2. The summed E-state index contributed by atoms with van der Waals surface area (Å²) in [6.07, 6.45) is 0. The monoisotopic (exact) mass is 267 g/mol. The van der Waals surface area contributed by atoms with E-state index in [1.807, 2.05) is 26.0 Å². The number of pyridine rings is 1. The molecular formula is C15H13N3O2. The summed E-state index contributed by atoms with van der Waals surface area (Å²) in [5.41, 5.74) is 1.13. The summed E-state index contributed by atoms with van der Waals surface area (Å²) in [6, 6.07) is 10.4. The summed E-state index contributed by atoms with van der Waals surface area (Å²) in [5.74, 6) is 0.0499. The van der Waals surface area contributed by atoms with Crippen molar-refractivity contribution in [3.8, 4) is 11.8 Å². The molecule has 2 heterocycles. The third-order valence-electron chi connectivity index (χ3n) is 3.08. The molecule has 0 amide bonds. The maximum atomic E-state index is 12.2. The Morgan fingerprint density at radius 1 is 1.05 bits per heavy atom. The lowest BCUT2D eigenvalue weighted by Crippen LogP contribution is -2.20. The van der Waals surface area contributed by atoms with Gasteiger partial charge in [0, 0.05) is 22.8 Å². The first kappa shape index (κ1) is 12.3. The van der Waals surface area contributed by atoms with Gasteiger partial charge in [-0.25, -0.2) is 14.5 Å². The fourth-order valence-corrected chi connectivity index (χ4v) is 2.25. The number of benzene rings is 1. The molecule has 0 saturated carbocycles. The maximum Gasteiger partial charge on any atom is 0.260 e. The SMILES string of the molecule is Cc1cc(C)nc(-n2c(O)c3ccccc3cc2=O)n1. The van der Waals surface area contributed by atoms with Crippen molar-refractivity contribution in [3.63, 3.8) is 0 Å². The maximum absolute atomic E-state index is 12.2. The van der Waals surface area contributed by atoms with Crippen LogP contribution in [0.15, 0.2) is 41.2 Å². The predicted octanol–water partition coefficient (Wildman–Crippen LogP) is 2.10. The second kappa shape index (κ2) is 4.45. The number of aromatic hydroxyl groups is 1. The molecule has 3 rings (SSSR count). The molecular weight excluding hydrogens is 254 g/mol. The minimum absolute atomic E-state index is 0.141. The summed E-state index contributed by atoms with van der Waals surface area (Å²) in [7, 11) is 0. The number of fused-ring (bicyclic) bond motifs is 1. The van der Waals surface area contributed by atoms with Crippen LogP contribution in [0.3, 0.4) is 0 Å². The van der Waals surface area contributed by atoms with Crippen molar-refractivity contribution in [3.05, 3.63) is 58.1 Å². The van der Waals surface area contributed by atoms with Gasteiger partial charge in [0.15, 0.2) is 0 Å². The molecule has 1 aromatic carbocycles. The standard InChI is InChI=1S/C15H13N3O2/c1-9-7-10(2)17-15(16-9)18-13(19)8-11-5-3-4-6-12(11)14(18)20/h3-8,20H,1-2H3. The molecule has 0 saturated heterocycles. The summed E-state index contributed by atoms with van der Waals surface area (Å²) in [6.45, 7) is 3.64. The molecule has 0 fully saturated rings. The Morgan fingerprint density at radius 2 is 1.70 bits per heavy atom. The fourth-order valence-electron chi connectivity index (χ4n) is 2.25. The molecule has 0 atom stereocenters. The van der Waals surface area contributed by atoms with Crippen molar-refractivity contribution in [2.45, 2.75) is 13.8 Å². The van der Waals surface area contributed by atoms with Crippen LogP contribution < -0.4 is 5.56 Å². The number of nitrogens with zero attached hydrogens (tertiary/aromatic N) is 3. The van der Waals surface area contributed by atoms with Gasteiger partial charge in [0.25, 0.3) is 5.56 Å². The van der Waals surface area contributed by atoms with Crippen molar-refractivity contribution >= 4 is 10.8 Å². The third-order valence-corrected chi connectivity index (χ3v) is 3.08. The highest BCUT2D eigenvalue weighted by Crippen LogP contribution is 2.23. The molecule has 5 heteroatoms. The Morgan fingerprint density at radius 3 is 2.40 bits per heavy atom. The van der Waals surface area contributed by atoms with Crippen molar-refractivity contribution in [1.82, 2.24) is 14.5 Å². The molecule has 0 unspecified atom stereocenters. The van der Waals surface area contributed by atoms with Crippen molar-refractivity contribution in [2.24, 2.45) is 0 Å². The average molecular weight is 267 g/mol. The first-order valence-corrected chi connectivity index (χ1v) is 6.23. The highest BCUT2D eigenvalue weighted by atomic mass is 16.3. The van der Waals surface area contributed by atoms with Gasteiger partial charge in [-0.2, -0.15) is 0 Å². The van der Waals surface area contributed by atoms with Crippen molar-refractivity contribution in [1.29, 1.82) is 0 Å². The largest absolute Gasteiger partial charge is 0.494 e. The number of aryl methyl sites for hydroxylation is 2. The zero-order chi connectivity index (χ0) is 14.3. The molecule has 2 aromatic heterocycles. The Balaban J connectivity index is 2.39. The molecule has 0 aliphatic carbocycles. The summed E-state index contributed by atoms with van der Waals surface area (Å²) in [4.78, 5) is 20.6. The minimum Gasteiger partial charge on any atom is -0.494 e. The van der Waals surface area contributed by atoms with E-state index in [9.17, 15) is 9.90 Å². The molecule has 0 aliphatic rings. The van der Waals surface area contributed by atoms with Gasteiger partial charge in [-0.1, -0.05) is 18.2 Å². The summed E-state index contributed by atoms with van der Waals surface area (Å²) >= 11 is 0. The predicted molar refractivity (Wildman–Crippen MR) is 76.3 cm³/mol. The number of hydrogen-bond donors (Lipinski definition) is 1. The smallest absolute Gasteiger partial charge is 0.260 e. The average Bonchev–Trinajstić information content (AvgIpc) is 2.37. The Hall–Kier alpha value is -2.69. The van der Waals surface area contributed by atoms with E-state index in [0.717, 1.165) is 16.0 Å². The van der Waals surface area contributed by atoms with E-state index in [1.54, 1.807) is 18.2 Å². The molecule has 0 spiro atoms. The molecule has 0 radical (unpaired) electrons. The van der Waals surface area contributed by atoms with Crippen LogP contribution in [0.1, 0.15) is 11.4 Å². The molecule has 1 N–H and O–H groups in total. The molecule has 5 nitrogen and oxygen atoms in total. The van der Waals surface area contributed by atoms with E-state index in [2.05, 4.69) is 9.97 Å². The number of rotatable bonds is 1. The Kier molecular flexibility index (Phi) is 2.75. The van der Waals surface area contributed by atoms with E-state index in [0.29, 0.717) is 10.8 Å². The number of aromatic nitrogens is 3. The van der Waals surface area contributed by atoms with Gasteiger partial charge in [-0.05, 0) is 31.4 Å². The lowest BCUT2D eigenvalue weighted by molar-refractivity contribution is 0.439. The van der Waals surface area contributed by atoms with Crippen LogP contribution in [0, 0.1) is 13.8 Å². The van der Waals surface area contributed by atoms with Gasteiger partial charge in [0.05, 0.1) is 0 Å². The summed E-state index contributed by atoms with van der Waals surface area (Å²) in [5, 5.41) is 11.6. The van der Waals surface area contributed by atoms with Crippen LogP contribution in [0.2, 0.25) is 0 Å². The van der Waals surface area contributed by atoms with Crippen LogP contribution in [0.5, 0.6) is 5.88 Å². The second-order valence-corrected chi connectivity index (χ2v) is 4.68. The van der Waals surface area contributed by atoms with E-state index in [-0.39, 0.29) is 17.4 Å². The van der Waals surface area contributed by atoms with Gasteiger partial charge in [-0.3, -0.25) is 4.79 Å². The molecule has 0 aliphatic heterocycles. The van der Waals surface area contributed by atoms with Gasteiger partial charge < -0.3 is 5.11 Å². The lowest BCUT2D eigenvalue weighted by atomic mass is 10.2. The molecule has 3 aromatic rings. The quantitative estimate of drug-likeness (QED) is 0.733. The van der Waals surface area contributed by atoms with E-state index < -0.39 is 0 Å². The molecule has 20 heavy (non-hydrogen) atoms. The van der Waals surface area contributed by atoms with Gasteiger partial charge in [0.2, 0.25) is 11.8 Å². The minimum atomic E-state index is -0.355. The third kappa shape index (κ3) is 1.93. The van der Waals surface area contributed by atoms with E-state index >= 15 is 0 Å². The van der Waals surface area contributed by atoms with Crippen LogP contribution in [-0.4, -0.2) is 19.6 Å². The molecule has 100 valence electrons. The second-order valence-electron chi connectivity index (χ2n) is 4.68. The van der Waals surface area contributed by atoms with E-state index in [1.165, 1.54) is 6.07 Å². The van der Waals surface area contributed by atoms with Crippen LogP contribution in [-0.2, 0) is 0 Å². The first-order valence-electron chi connectivity index (χ1n) is 6.23. The van der Waals surface area contributed by atoms with Crippen LogP contribution in [0.25, 0.3) is 16.7 Å². The number of hydrogen-bond acceptors (Lipinski definition) is 4. The van der Waals surface area contributed by atoms with Crippen molar-refractivity contribution in [2.75, 3.05) is 0 Å². The van der Waals surface area contributed by atoms with E-state index in [4.69, 9.17) is 0 Å². The highest BCUT2D eigenvalue weighted by Gasteiger charge is 2.13. The fraction of sp³-hybridized carbons (Fsp3) is 0.133. The topological polar surface area (TPSA) is 68.0 Å². The summed E-state index contributed by atoms with van der Waals surface area (Å²) < 4.78 is 1.13. The molecule has 0 bridgehead atoms. The van der Waals surface area contributed by atoms with Gasteiger partial charge >= 0.3 is 0 Å². The first-order chi connectivity index (χ1) is 9.56. The van der Waals surface area contributed by atoms with Gasteiger partial charge in [-0.15, -0.1) is 0 Å². The van der Waals surface area contributed by atoms with Crippen molar-refractivity contribution < 1.29 is 5.11 Å². The van der Waals surface area contributed by atoms with Crippen LogP contribution in [0.4, 0.5) is 0 Å². The Labute approximate surface area is 115 Å².